The summed E-state index contributed by atoms with van der Waals surface area (Å²) in [6.07, 6.45) is 4.42. The molecule has 4 atom stereocenters. The molecule has 2 aliphatic heterocycles. The summed E-state index contributed by atoms with van der Waals surface area (Å²) >= 11 is 0. The van der Waals surface area contributed by atoms with Gasteiger partial charge in [0.2, 0.25) is 0 Å². The van der Waals surface area contributed by atoms with Crippen LogP contribution >= 0.6 is 0 Å². The minimum absolute atomic E-state index is 0.107. The normalized spacial score (nSPS) is 41.8. The van der Waals surface area contributed by atoms with Gasteiger partial charge in [0.1, 0.15) is 12.2 Å². The molecule has 0 spiro atoms. The summed E-state index contributed by atoms with van der Waals surface area (Å²) in [5.74, 6) is -0.618. The first-order valence-corrected chi connectivity index (χ1v) is 5.87. The third kappa shape index (κ3) is 2.30. The van der Waals surface area contributed by atoms with Crippen molar-refractivity contribution in [3.8, 4) is 0 Å². The van der Waals surface area contributed by atoms with Crippen LogP contribution in [0.3, 0.4) is 0 Å². The zero-order valence-corrected chi connectivity index (χ0v) is 10.1. The van der Waals surface area contributed by atoms with E-state index in [0.29, 0.717) is 0 Å². The predicted molar refractivity (Wildman–Crippen MR) is 58.8 cm³/mol. The second kappa shape index (κ2) is 4.45. The van der Waals surface area contributed by atoms with Crippen LogP contribution < -0.4 is 0 Å². The lowest BCUT2D eigenvalue weighted by Gasteiger charge is -2.22. The molecule has 0 aromatic carbocycles. The van der Waals surface area contributed by atoms with Gasteiger partial charge >= 0.3 is 0 Å². The van der Waals surface area contributed by atoms with Crippen LogP contribution in [0.15, 0.2) is 12.2 Å². The van der Waals surface area contributed by atoms with E-state index >= 15 is 0 Å². The number of aliphatic hydroxyl groups excluding tert-OH is 1. The van der Waals surface area contributed by atoms with E-state index in [2.05, 4.69) is 19.1 Å². The number of hydrogen-bond donors (Lipinski definition) is 1. The number of allylic oxidation sites excluding steroid dienone is 1. The monoisotopic (exact) mass is 228 g/mol. The Hall–Kier alpha value is -0.420. The molecule has 2 rings (SSSR count). The topological polar surface area (TPSA) is 47.9 Å². The maximum atomic E-state index is 9.71. The molecule has 2 aliphatic rings. The maximum absolute atomic E-state index is 9.71. The molecule has 2 heterocycles. The average molecular weight is 228 g/mol. The molecule has 0 aliphatic carbocycles. The van der Waals surface area contributed by atoms with Gasteiger partial charge in [-0.3, -0.25) is 0 Å². The molecule has 4 heteroatoms. The molecule has 4 nitrogen and oxygen atoms in total. The third-order valence-corrected chi connectivity index (χ3v) is 2.90. The van der Waals surface area contributed by atoms with Crippen molar-refractivity contribution in [2.75, 3.05) is 0 Å². The van der Waals surface area contributed by atoms with E-state index in [9.17, 15) is 5.11 Å². The Morgan fingerprint density at radius 3 is 2.56 bits per heavy atom. The van der Waals surface area contributed by atoms with Crippen LogP contribution in [0.1, 0.15) is 33.6 Å². The molecule has 0 radical (unpaired) electrons. The first-order chi connectivity index (χ1) is 7.53. The molecular weight excluding hydrogens is 208 g/mol. The van der Waals surface area contributed by atoms with E-state index in [1.807, 2.05) is 13.8 Å². The Morgan fingerprint density at radius 1 is 1.19 bits per heavy atom. The highest BCUT2D eigenvalue weighted by molar-refractivity contribution is 4.98. The van der Waals surface area contributed by atoms with Crippen molar-refractivity contribution in [1.29, 1.82) is 0 Å². The fourth-order valence-electron chi connectivity index (χ4n) is 2.25. The van der Waals surface area contributed by atoms with Crippen molar-refractivity contribution in [3.63, 3.8) is 0 Å². The van der Waals surface area contributed by atoms with Crippen LogP contribution in [-0.4, -0.2) is 35.5 Å². The van der Waals surface area contributed by atoms with Crippen LogP contribution in [0.5, 0.6) is 0 Å². The predicted octanol–water partition coefficient (Wildman–Crippen LogP) is 1.58. The summed E-state index contributed by atoms with van der Waals surface area (Å²) in [5.41, 5.74) is 0. The van der Waals surface area contributed by atoms with Crippen molar-refractivity contribution >= 4 is 0 Å². The fraction of sp³-hybridized carbons (Fsp3) is 0.833. The van der Waals surface area contributed by atoms with Gasteiger partial charge in [-0.15, -0.1) is 0 Å². The van der Waals surface area contributed by atoms with Crippen molar-refractivity contribution in [1.82, 2.24) is 0 Å². The zero-order valence-electron chi connectivity index (χ0n) is 10.1. The molecule has 0 aromatic heterocycles. The van der Waals surface area contributed by atoms with Gasteiger partial charge in [0.05, 0.1) is 6.10 Å². The first-order valence-electron chi connectivity index (χ1n) is 5.87. The quantitative estimate of drug-likeness (QED) is 0.745. The van der Waals surface area contributed by atoms with Gasteiger partial charge in [-0.2, -0.15) is 0 Å². The van der Waals surface area contributed by atoms with E-state index in [-0.39, 0.29) is 18.3 Å². The van der Waals surface area contributed by atoms with E-state index in [1.54, 1.807) is 0 Å². The van der Waals surface area contributed by atoms with E-state index in [1.165, 1.54) is 0 Å². The summed E-state index contributed by atoms with van der Waals surface area (Å²) < 4.78 is 16.8. The second-order valence-electron chi connectivity index (χ2n) is 4.75. The number of ether oxygens (including phenoxy) is 3. The molecule has 1 N–H and O–H groups in total. The van der Waals surface area contributed by atoms with Crippen molar-refractivity contribution in [2.24, 2.45) is 0 Å². The standard InChI is InChI=1S/C12H20O4/c1-4-5-6-7-8-9-10(11(13)14-8)16-12(2,3)15-9/h5-6,8-11,13H,4,7H2,1-3H3/b6-5-/t8-,9-,10-,11?/m0/s1. The Balaban J connectivity index is 1.99. The van der Waals surface area contributed by atoms with Gasteiger partial charge in [0.25, 0.3) is 0 Å². The highest BCUT2D eigenvalue weighted by Gasteiger charge is 2.54. The van der Waals surface area contributed by atoms with Crippen molar-refractivity contribution < 1.29 is 19.3 Å². The van der Waals surface area contributed by atoms with E-state index < -0.39 is 12.1 Å². The molecule has 2 fully saturated rings. The summed E-state index contributed by atoms with van der Waals surface area (Å²) in [4.78, 5) is 0. The van der Waals surface area contributed by atoms with Crippen LogP contribution in [0.4, 0.5) is 0 Å². The fourth-order valence-corrected chi connectivity index (χ4v) is 2.25. The molecule has 1 unspecified atom stereocenters. The average Bonchev–Trinajstić information content (AvgIpc) is 2.64. The molecule has 0 saturated carbocycles. The Kier molecular flexibility index (Phi) is 3.35. The van der Waals surface area contributed by atoms with Gasteiger partial charge in [-0.25, -0.2) is 0 Å². The van der Waals surface area contributed by atoms with Crippen LogP contribution in [0, 0.1) is 0 Å². The number of aliphatic hydroxyl groups is 1. The van der Waals surface area contributed by atoms with Crippen LogP contribution in [0.2, 0.25) is 0 Å². The largest absolute Gasteiger partial charge is 0.366 e. The molecule has 2 saturated heterocycles. The smallest absolute Gasteiger partial charge is 0.184 e. The third-order valence-electron chi connectivity index (χ3n) is 2.90. The number of hydrogen-bond acceptors (Lipinski definition) is 4. The Morgan fingerprint density at radius 2 is 1.88 bits per heavy atom. The van der Waals surface area contributed by atoms with E-state index in [4.69, 9.17) is 14.2 Å². The molecule has 0 bridgehead atoms. The summed E-state index contributed by atoms with van der Waals surface area (Å²) in [6, 6.07) is 0. The van der Waals surface area contributed by atoms with Gasteiger partial charge in [0.15, 0.2) is 12.1 Å². The Labute approximate surface area is 96.2 Å². The van der Waals surface area contributed by atoms with Gasteiger partial charge in [0, 0.05) is 0 Å². The lowest BCUT2D eigenvalue weighted by Crippen LogP contribution is -2.29. The number of fused-ring (bicyclic) bond motifs is 1. The number of rotatable bonds is 3. The molecular formula is C12H20O4. The van der Waals surface area contributed by atoms with Crippen molar-refractivity contribution in [3.05, 3.63) is 12.2 Å². The van der Waals surface area contributed by atoms with Gasteiger partial charge < -0.3 is 19.3 Å². The molecule has 0 aromatic rings. The molecule has 0 amide bonds. The van der Waals surface area contributed by atoms with Gasteiger partial charge in [-0.05, 0) is 26.7 Å². The van der Waals surface area contributed by atoms with Crippen LogP contribution in [-0.2, 0) is 14.2 Å². The SMILES string of the molecule is CC/C=C\C[C@@H]1OC(O)[C@H]2OC(C)(C)O[C@@H]12. The first kappa shape index (κ1) is 12.0. The maximum Gasteiger partial charge on any atom is 0.184 e. The van der Waals surface area contributed by atoms with E-state index in [0.717, 1.165) is 12.8 Å². The Bertz CT molecular complexity index is 274. The molecule has 92 valence electrons. The summed E-state index contributed by atoms with van der Waals surface area (Å²) in [6.45, 7) is 5.80. The highest BCUT2D eigenvalue weighted by Crippen LogP contribution is 2.38. The summed E-state index contributed by atoms with van der Waals surface area (Å²) in [7, 11) is 0. The van der Waals surface area contributed by atoms with Crippen molar-refractivity contribution in [2.45, 2.75) is 64.0 Å². The minimum Gasteiger partial charge on any atom is -0.366 e. The van der Waals surface area contributed by atoms with Gasteiger partial charge in [-0.1, -0.05) is 19.1 Å². The second-order valence-corrected chi connectivity index (χ2v) is 4.75. The van der Waals surface area contributed by atoms with Crippen LogP contribution in [0.25, 0.3) is 0 Å². The zero-order chi connectivity index (χ0) is 11.8. The lowest BCUT2D eigenvalue weighted by atomic mass is 10.1. The molecule has 16 heavy (non-hydrogen) atoms. The minimum atomic E-state index is -0.869. The lowest BCUT2D eigenvalue weighted by molar-refractivity contribution is -0.219. The summed E-state index contributed by atoms with van der Waals surface area (Å²) in [5, 5.41) is 9.71. The highest BCUT2D eigenvalue weighted by atomic mass is 16.8.